The number of amides is 1. The van der Waals surface area contributed by atoms with Crippen molar-refractivity contribution in [3.63, 3.8) is 0 Å². The van der Waals surface area contributed by atoms with Crippen LogP contribution in [0.4, 0.5) is 5.69 Å². The zero-order chi connectivity index (χ0) is 17.9. The molecule has 2 saturated heterocycles. The Hall–Kier alpha value is -1.30. The molecule has 0 aliphatic carbocycles. The van der Waals surface area contributed by atoms with Gasteiger partial charge >= 0.3 is 0 Å². The molecule has 2 heterocycles. The molecule has 3 rings (SSSR count). The highest BCUT2D eigenvalue weighted by molar-refractivity contribution is 6.31. The number of anilines is 1. The highest BCUT2D eigenvalue weighted by Crippen LogP contribution is 2.41. The Kier molecular flexibility index (Phi) is 5.87. The molecule has 138 valence electrons. The minimum Gasteiger partial charge on any atom is -0.495 e. The number of hydrogen-bond donors (Lipinski definition) is 1. The number of ether oxygens (including phenoxy) is 2. The minimum atomic E-state index is -0.180. The molecule has 2 fully saturated rings. The quantitative estimate of drug-likeness (QED) is 0.885. The summed E-state index contributed by atoms with van der Waals surface area (Å²) in [6.07, 6.45) is 4.60. The summed E-state index contributed by atoms with van der Waals surface area (Å²) in [5, 5.41) is 3.53. The van der Waals surface area contributed by atoms with Crippen LogP contribution >= 0.6 is 11.6 Å². The Morgan fingerprint density at radius 2 is 1.96 bits per heavy atom. The Morgan fingerprint density at radius 3 is 2.60 bits per heavy atom. The van der Waals surface area contributed by atoms with E-state index < -0.39 is 0 Å². The summed E-state index contributed by atoms with van der Waals surface area (Å²) >= 11 is 6.04. The number of rotatable bonds is 4. The number of nitrogens with one attached hydrogen (secondary N) is 1. The zero-order valence-corrected chi connectivity index (χ0v) is 15.8. The average Bonchev–Trinajstić information content (AvgIpc) is 2.63. The van der Waals surface area contributed by atoms with Gasteiger partial charge in [0.15, 0.2) is 0 Å². The molecule has 1 N–H and O–H groups in total. The second kappa shape index (κ2) is 7.94. The molecule has 1 spiro atoms. The molecule has 6 heteroatoms. The zero-order valence-electron chi connectivity index (χ0n) is 15.0. The summed E-state index contributed by atoms with van der Waals surface area (Å²) in [5.41, 5.74) is 1.05. The number of methoxy groups -OCH3 is 1. The molecule has 25 heavy (non-hydrogen) atoms. The molecule has 2 aliphatic heterocycles. The van der Waals surface area contributed by atoms with Gasteiger partial charge in [-0.25, -0.2) is 0 Å². The van der Waals surface area contributed by atoms with Crippen molar-refractivity contribution in [2.24, 2.45) is 5.41 Å². The van der Waals surface area contributed by atoms with Gasteiger partial charge in [-0.2, -0.15) is 0 Å². The number of halogens is 1. The van der Waals surface area contributed by atoms with Gasteiger partial charge < -0.3 is 14.8 Å². The number of benzene rings is 1. The van der Waals surface area contributed by atoms with Crippen LogP contribution < -0.4 is 10.1 Å². The largest absolute Gasteiger partial charge is 0.495 e. The van der Waals surface area contributed by atoms with Crippen LogP contribution in [0.1, 0.15) is 32.6 Å². The van der Waals surface area contributed by atoms with Gasteiger partial charge in [-0.15, -0.1) is 0 Å². The summed E-state index contributed by atoms with van der Waals surface area (Å²) in [6.45, 7) is 5.64. The van der Waals surface area contributed by atoms with Crippen molar-refractivity contribution >= 4 is 23.2 Å². The first-order chi connectivity index (χ1) is 12.0. The number of carbonyl (C=O) groups is 1. The lowest BCUT2D eigenvalue weighted by atomic mass is 9.72. The van der Waals surface area contributed by atoms with E-state index >= 15 is 0 Å². The Morgan fingerprint density at radius 1 is 1.28 bits per heavy atom. The standard InChI is InChI=1S/C19H27ClN2O3/c1-14(18(23)21-16-13-15(20)3-4-17(16)24-2)22-9-5-19(6-10-22)7-11-25-12-8-19/h3-4,13-14H,5-12H2,1-2H3,(H,21,23). The first-order valence-corrected chi connectivity index (χ1v) is 9.37. The van der Waals surface area contributed by atoms with Crippen LogP contribution in [0.25, 0.3) is 0 Å². The van der Waals surface area contributed by atoms with Gasteiger partial charge in [0.25, 0.3) is 0 Å². The van der Waals surface area contributed by atoms with Crippen molar-refractivity contribution in [2.75, 3.05) is 38.7 Å². The second-order valence-electron chi connectivity index (χ2n) is 7.16. The number of carbonyl (C=O) groups excluding carboxylic acids is 1. The fourth-order valence-corrected chi connectivity index (χ4v) is 4.04. The Balaban J connectivity index is 1.59. The van der Waals surface area contributed by atoms with Gasteiger partial charge in [0.1, 0.15) is 5.75 Å². The van der Waals surface area contributed by atoms with Crippen molar-refractivity contribution in [3.8, 4) is 5.75 Å². The van der Waals surface area contributed by atoms with Crippen molar-refractivity contribution in [3.05, 3.63) is 23.2 Å². The smallest absolute Gasteiger partial charge is 0.241 e. The topological polar surface area (TPSA) is 50.8 Å². The average molecular weight is 367 g/mol. The number of nitrogens with zero attached hydrogens (tertiary/aromatic N) is 1. The molecule has 0 saturated carbocycles. The molecule has 0 bridgehead atoms. The third kappa shape index (κ3) is 4.27. The van der Waals surface area contributed by atoms with E-state index in [9.17, 15) is 4.79 Å². The molecular weight excluding hydrogens is 340 g/mol. The van der Waals surface area contributed by atoms with Crippen LogP contribution in [-0.2, 0) is 9.53 Å². The molecule has 2 aliphatic rings. The van der Waals surface area contributed by atoms with Gasteiger partial charge in [0.05, 0.1) is 18.8 Å². The van der Waals surface area contributed by atoms with Crippen LogP contribution in [-0.4, -0.2) is 50.3 Å². The van der Waals surface area contributed by atoms with Gasteiger partial charge in [0, 0.05) is 18.2 Å². The Labute approximate surface area is 154 Å². The molecule has 1 aromatic carbocycles. The normalized spacial score (nSPS) is 21.7. The molecule has 1 aromatic rings. The first kappa shape index (κ1) is 18.5. The van der Waals surface area contributed by atoms with Crippen molar-refractivity contribution in [1.82, 2.24) is 4.90 Å². The maximum absolute atomic E-state index is 12.7. The molecular formula is C19H27ClN2O3. The van der Waals surface area contributed by atoms with E-state index in [1.807, 2.05) is 6.92 Å². The van der Waals surface area contributed by atoms with Gasteiger partial charge in [-0.3, -0.25) is 9.69 Å². The van der Waals surface area contributed by atoms with Crippen LogP contribution in [0.15, 0.2) is 18.2 Å². The van der Waals surface area contributed by atoms with E-state index in [0.29, 0.717) is 21.9 Å². The van der Waals surface area contributed by atoms with Crippen molar-refractivity contribution < 1.29 is 14.3 Å². The molecule has 1 unspecified atom stereocenters. The fraction of sp³-hybridized carbons (Fsp3) is 0.632. The lowest BCUT2D eigenvalue weighted by Gasteiger charge is -2.45. The van der Waals surface area contributed by atoms with E-state index in [-0.39, 0.29) is 11.9 Å². The molecule has 5 nitrogen and oxygen atoms in total. The maximum atomic E-state index is 12.7. The minimum absolute atomic E-state index is 0.0245. The lowest BCUT2D eigenvalue weighted by Crippen LogP contribution is -2.49. The predicted octanol–water partition coefficient (Wildman–Crippen LogP) is 3.57. The van der Waals surface area contributed by atoms with Gasteiger partial charge in [-0.05, 0) is 69.3 Å². The second-order valence-corrected chi connectivity index (χ2v) is 7.59. The maximum Gasteiger partial charge on any atom is 0.241 e. The highest BCUT2D eigenvalue weighted by Gasteiger charge is 2.38. The monoisotopic (exact) mass is 366 g/mol. The van der Waals surface area contributed by atoms with Gasteiger partial charge in [-0.1, -0.05) is 11.6 Å². The molecule has 1 atom stereocenters. The summed E-state index contributed by atoms with van der Waals surface area (Å²) in [7, 11) is 1.58. The van der Waals surface area contributed by atoms with Crippen LogP contribution in [0.2, 0.25) is 5.02 Å². The van der Waals surface area contributed by atoms with E-state index in [1.54, 1.807) is 25.3 Å². The van der Waals surface area contributed by atoms with E-state index in [0.717, 1.165) is 52.0 Å². The number of piperidine rings is 1. The Bertz CT molecular complexity index is 607. The van der Waals surface area contributed by atoms with Crippen molar-refractivity contribution in [1.29, 1.82) is 0 Å². The molecule has 0 aromatic heterocycles. The van der Waals surface area contributed by atoms with Crippen molar-refractivity contribution in [2.45, 2.75) is 38.6 Å². The summed E-state index contributed by atoms with van der Waals surface area (Å²) < 4.78 is 10.8. The SMILES string of the molecule is COc1ccc(Cl)cc1NC(=O)C(C)N1CCC2(CCOCC2)CC1. The number of hydrogen-bond acceptors (Lipinski definition) is 4. The van der Waals surface area contributed by atoms with Crippen LogP contribution in [0.5, 0.6) is 5.75 Å². The third-order valence-electron chi connectivity index (χ3n) is 5.76. The van der Waals surface area contributed by atoms with E-state index in [2.05, 4.69) is 10.2 Å². The van der Waals surface area contributed by atoms with E-state index in [1.165, 1.54) is 0 Å². The fourth-order valence-electron chi connectivity index (χ4n) is 3.87. The van der Waals surface area contributed by atoms with Crippen LogP contribution in [0.3, 0.4) is 0 Å². The number of likely N-dealkylation sites (tertiary alicyclic amines) is 1. The van der Waals surface area contributed by atoms with E-state index in [4.69, 9.17) is 21.1 Å². The lowest BCUT2D eigenvalue weighted by molar-refractivity contribution is -0.122. The molecule has 1 amide bonds. The first-order valence-electron chi connectivity index (χ1n) is 8.99. The molecule has 0 radical (unpaired) electrons. The van der Waals surface area contributed by atoms with Crippen LogP contribution in [0, 0.1) is 5.41 Å². The predicted molar refractivity (Wildman–Crippen MR) is 99.4 cm³/mol. The highest BCUT2D eigenvalue weighted by atomic mass is 35.5. The summed E-state index contributed by atoms with van der Waals surface area (Å²) in [4.78, 5) is 15.0. The summed E-state index contributed by atoms with van der Waals surface area (Å²) in [5.74, 6) is 0.591. The summed E-state index contributed by atoms with van der Waals surface area (Å²) in [6, 6.07) is 5.05. The van der Waals surface area contributed by atoms with Gasteiger partial charge in [0.2, 0.25) is 5.91 Å². The third-order valence-corrected chi connectivity index (χ3v) is 5.99.